The first-order valence-corrected chi connectivity index (χ1v) is 6.63. The summed E-state index contributed by atoms with van der Waals surface area (Å²) in [6.45, 7) is 1.70. The molecule has 1 atom stereocenters. The first-order chi connectivity index (χ1) is 6.38. The van der Waals surface area contributed by atoms with Crippen molar-refractivity contribution in [2.24, 2.45) is 0 Å². The third-order valence-corrected chi connectivity index (χ3v) is 2.83. The molecule has 0 radical (unpaired) electrons. The molecule has 0 bridgehead atoms. The maximum absolute atomic E-state index is 10.9. The molecule has 1 rings (SSSR count). The highest BCUT2D eigenvalue weighted by molar-refractivity contribution is 9.10. The van der Waals surface area contributed by atoms with Crippen LogP contribution in [-0.2, 0) is 14.3 Å². The average molecular weight is 279 g/mol. The van der Waals surface area contributed by atoms with E-state index >= 15 is 0 Å². The Balaban J connectivity index is 2.80. The van der Waals surface area contributed by atoms with E-state index in [0.717, 1.165) is 16.3 Å². The maximum Gasteiger partial charge on any atom is 0.264 e. The molecule has 0 heterocycles. The SMILES string of the molecule is C[C@H](OS(C)(=O)=O)c1ccc(Br)cc1. The monoisotopic (exact) mass is 278 g/mol. The van der Waals surface area contributed by atoms with Gasteiger partial charge in [-0.15, -0.1) is 0 Å². The van der Waals surface area contributed by atoms with E-state index in [0.29, 0.717) is 0 Å². The predicted molar refractivity (Wildman–Crippen MR) is 58.5 cm³/mol. The highest BCUT2D eigenvalue weighted by Crippen LogP contribution is 2.20. The lowest BCUT2D eigenvalue weighted by Crippen LogP contribution is -2.07. The normalized spacial score (nSPS) is 13.9. The third-order valence-electron chi connectivity index (χ3n) is 1.66. The molecule has 0 aliphatic carbocycles. The van der Waals surface area contributed by atoms with Gasteiger partial charge < -0.3 is 0 Å². The maximum atomic E-state index is 10.9. The van der Waals surface area contributed by atoms with Gasteiger partial charge in [0, 0.05) is 4.47 Å². The summed E-state index contributed by atoms with van der Waals surface area (Å²) in [6.07, 6.45) is 0.598. The first-order valence-electron chi connectivity index (χ1n) is 4.02. The van der Waals surface area contributed by atoms with Crippen molar-refractivity contribution in [2.75, 3.05) is 6.26 Å². The molecular formula is C9H11BrO3S. The van der Waals surface area contributed by atoms with Crippen LogP contribution in [0.3, 0.4) is 0 Å². The minimum Gasteiger partial charge on any atom is -0.262 e. The molecule has 0 N–H and O–H groups in total. The lowest BCUT2D eigenvalue weighted by atomic mass is 10.1. The van der Waals surface area contributed by atoms with E-state index in [-0.39, 0.29) is 0 Å². The lowest BCUT2D eigenvalue weighted by Gasteiger charge is -2.10. The Morgan fingerprint density at radius 1 is 1.29 bits per heavy atom. The molecule has 5 heteroatoms. The van der Waals surface area contributed by atoms with Crippen LogP contribution in [0.2, 0.25) is 0 Å². The molecule has 3 nitrogen and oxygen atoms in total. The lowest BCUT2D eigenvalue weighted by molar-refractivity contribution is 0.236. The van der Waals surface area contributed by atoms with E-state index < -0.39 is 16.2 Å². The zero-order valence-corrected chi connectivity index (χ0v) is 10.3. The summed E-state index contributed by atoms with van der Waals surface area (Å²) >= 11 is 3.30. The smallest absolute Gasteiger partial charge is 0.262 e. The number of benzene rings is 1. The summed E-state index contributed by atoms with van der Waals surface area (Å²) in [5.41, 5.74) is 0.832. The van der Waals surface area contributed by atoms with Crippen molar-refractivity contribution < 1.29 is 12.6 Å². The molecule has 0 aliphatic heterocycles. The van der Waals surface area contributed by atoms with Crippen molar-refractivity contribution in [3.63, 3.8) is 0 Å². The number of halogens is 1. The van der Waals surface area contributed by atoms with Crippen LogP contribution in [0.5, 0.6) is 0 Å². The van der Waals surface area contributed by atoms with Crippen LogP contribution in [0.4, 0.5) is 0 Å². The van der Waals surface area contributed by atoms with Crippen LogP contribution >= 0.6 is 15.9 Å². The standard InChI is InChI=1S/C9H11BrO3S/c1-7(13-14(2,11)12)8-3-5-9(10)6-4-8/h3-7H,1-2H3/t7-/m0/s1. The molecular weight excluding hydrogens is 268 g/mol. The van der Waals surface area contributed by atoms with Crippen LogP contribution in [-0.4, -0.2) is 14.7 Å². The van der Waals surface area contributed by atoms with E-state index in [2.05, 4.69) is 15.9 Å². The fourth-order valence-corrected chi connectivity index (χ4v) is 1.95. The van der Waals surface area contributed by atoms with Gasteiger partial charge in [-0.3, -0.25) is 4.18 Å². The van der Waals surface area contributed by atoms with Crippen LogP contribution < -0.4 is 0 Å². The Morgan fingerprint density at radius 2 is 1.79 bits per heavy atom. The fourth-order valence-electron chi connectivity index (χ4n) is 1.05. The Kier molecular flexibility index (Phi) is 3.69. The fraction of sp³-hybridized carbons (Fsp3) is 0.333. The molecule has 1 aromatic carbocycles. The summed E-state index contributed by atoms with van der Waals surface area (Å²) in [5.74, 6) is 0. The average Bonchev–Trinajstić information content (AvgIpc) is 2.02. The molecule has 0 aromatic heterocycles. The zero-order chi connectivity index (χ0) is 10.8. The Hall–Kier alpha value is -0.390. The van der Waals surface area contributed by atoms with Gasteiger partial charge in [0.15, 0.2) is 0 Å². The highest BCUT2D eigenvalue weighted by atomic mass is 79.9. The minimum atomic E-state index is -3.39. The zero-order valence-electron chi connectivity index (χ0n) is 7.90. The Bertz CT molecular complexity index is 397. The molecule has 0 spiro atoms. The van der Waals surface area contributed by atoms with Gasteiger partial charge in [-0.1, -0.05) is 28.1 Å². The summed E-state index contributed by atoms with van der Waals surface area (Å²) < 4.78 is 27.5. The van der Waals surface area contributed by atoms with E-state index in [9.17, 15) is 8.42 Å². The second-order valence-electron chi connectivity index (χ2n) is 2.99. The van der Waals surface area contributed by atoms with Gasteiger partial charge in [0.25, 0.3) is 10.1 Å². The van der Waals surface area contributed by atoms with Gasteiger partial charge in [-0.25, -0.2) is 0 Å². The molecule has 0 saturated heterocycles. The second kappa shape index (κ2) is 4.42. The molecule has 14 heavy (non-hydrogen) atoms. The summed E-state index contributed by atoms with van der Waals surface area (Å²) in [4.78, 5) is 0. The quantitative estimate of drug-likeness (QED) is 0.798. The Morgan fingerprint density at radius 3 is 2.21 bits per heavy atom. The van der Waals surface area contributed by atoms with Crippen molar-refractivity contribution in [1.29, 1.82) is 0 Å². The number of rotatable bonds is 3. The van der Waals surface area contributed by atoms with Crippen LogP contribution in [0.15, 0.2) is 28.7 Å². The van der Waals surface area contributed by atoms with Gasteiger partial charge in [0.1, 0.15) is 0 Å². The summed E-state index contributed by atoms with van der Waals surface area (Å²) in [5, 5.41) is 0. The molecule has 0 amide bonds. The van der Waals surface area contributed by atoms with Gasteiger partial charge in [0.2, 0.25) is 0 Å². The van der Waals surface area contributed by atoms with Gasteiger partial charge in [0.05, 0.1) is 12.4 Å². The first kappa shape index (κ1) is 11.7. The molecule has 0 fully saturated rings. The molecule has 1 aromatic rings. The van der Waals surface area contributed by atoms with Crippen LogP contribution in [0.25, 0.3) is 0 Å². The van der Waals surface area contributed by atoms with Crippen LogP contribution in [0.1, 0.15) is 18.6 Å². The predicted octanol–water partition coefficient (Wildman–Crippen LogP) is 2.49. The van der Waals surface area contributed by atoms with Crippen molar-refractivity contribution in [2.45, 2.75) is 13.0 Å². The summed E-state index contributed by atoms with van der Waals surface area (Å²) in [6, 6.07) is 7.33. The van der Waals surface area contributed by atoms with Gasteiger partial charge >= 0.3 is 0 Å². The molecule has 0 aliphatic rings. The van der Waals surface area contributed by atoms with E-state index in [1.807, 2.05) is 24.3 Å². The third kappa shape index (κ3) is 3.77. The van der Waals surface area contributed by atoms with Crippen molar-refractivity contribution >= 4 is 26.0 Å². The van der Waals surface area contributed by atoms with Crippen LogP contribution in [0, 0.1) is 0 Å². The number of hydrogen-bond acceptors (Lipinski definition) is 3. The molecule has 0 unspecified atom stereocenters. The topological polar surface area (TPSA) is 43.4 Å². The second-order valence-corrected chi connectivity index (χ2v) is 5.51. The largest absolute Gasteiger partial charge is 0.264 e. The highest BCUT2D eigenvalue weighted by Gasteiger charge is 2.11. The van der Waals surface area contributed by atoms with Gasteiger partial charge in [-0.2, -0.15) is 8.42 Å². The van der Waals surface area contributed by atoms with Crippen molar-refractivity contribution in [1.82, 2.24) is 0 Å². The number of hydrogen-bond donors (Lipinski definition) is 0. The Labute approximate surface area is 92.3 Å². The van der Waals surface area contributed by atoms with E-state index in [1.165, 1.54) is 0 Å². The van der Waals surface area contributed by atoms with E-state index in [4.69, 9.17) is 4.18 Å². The van der Waals surface area contributed by atoms with Crippen molar-refractivity contribution in [3.05, 3.63) is 34.3 Å². The minimum absolute atomic E-state index is 0.446. The summed E-state index contributed by atoms with van der Waals surface area (Å²) in [7, 11) is -3.39. The van der Waals surface area contributed by atoms with E-state index in [1.54, 1.807) is 6.92 Å². The molecule has 0 saturated carbocycles. The molecule has 78 valence electrons. The van der Waals surface area contributed by atoms with Crippen molar-refractivity contribution in [3.8, 4) is 0 Å². The van der Waals surface area contributed by atoms with Gasteiger partial charge in [-0.05, 0) is 24.6 Å².